The lowest BCUT2D eigenvalue weighted by molar-refractivity contribution is -0.132. The minimum atomic E-state index is -0.786. The van der Waals surface area contributed by atoms with Crippen LogP contribution in [0.4, 0.5) is 5.69 Å². The topological polar surface area (TPSA) is 82.6 Å². The number of hydrogen-bond donors (Lipinski definition) is 2. The molecule has 1 atom stereocenters. The number of amides is 1. The van der Waals surface area contributed by atoms with Gasteiger partial charge in [-0.3, -0.25) is 14.5 Å². The number of aryl methyl sites for hydroxylation is 1. The molecule has 36 heavy (non-hydrogen) atoms. The van der Waals surface area contributed by atoms with E-state index in [-0.39, 0.29) is 11.3 Å². The molecule has 2 N–H and O–H groups in total. The van der Waals surface area contributed by atoms with Gasteiger partial charge in [0.15, 0.2) is 0 Å². The fourth-order valence-corrected chi connectivity index (χ4v) is 4.71. The van der Waals surface area contributed by atoms with Crippen molar-refractivity contribution in [3.05, 3.63) is 101 Å². The number of aromatic amines is 1. The first kappa shape index (κ1) is 23.4. The standard InChI is InChI=1S/C30H28N2O4/c1-3-16-36-22-9-7-8-21(17-22)32-27(20-14-12-19(4-2)13-15-20)26(29(34)30(32)35)28(33)24-18-31-25-11-6-5-10-23(24)25/h5-15,17-18,27,31,33H,3-4,16H2,1-2H3/b28-26-. The van der Waals surface area contributed by atoms with Crippen molar-refractivity contribution in [2.24, 2.45) is 0 Å². The SMILES string of the molecule is CCCOc1cccc(N2C(=O)C(=O)/C(=C(\O)c3c[nH]c4ccccc34)C2c2ccc(CC)cc2)c1. The number of Topliss-reactive ketones (excluding diaryl/α,β-unsaturated/α-hetero) is 1. The second kappa shape index (κ2) is 9.74. The van der Waals surface area contributed by atoms with Gasteiger partial charge in [-0.2, -0.15) is 0 Å². The highest BCUT2D eigenvalue weighted by molar-refractivity contribution is 6.51. The molecule has 1 unspecified atom stereocenters. The summed E-state index contributed by atoms with van der Waals surface area (Å²) in [4.78, 5) is 31.5. The molecule has 0 radical (unpaired) electrons. The summed E-state index contributed by atoms with van der Waals surface area (Å²) in [6.07, 6.45) is 3.39. The molecule has 4 aromatic rings. The van der Waals surface area contributed by atoms with E-state index in [9.17, 15) is 14.7 Å². The minimum Gasteiger partial charge on any atom is -0.507 e. The lowest BCUT2D eigenvalue weighted by Crippen LogP contribution is -2.29. The number of aromatic nitrogens is 1. The molecular weight excluding hydrogens is 452 g/mol. The first-order valence-electron chi connectivity index (χ1n) is 12.2. The Hall–Kier alpha value is -4.32. The lowest BCUT2D eigenvalue weighted by atomic mass is 9.94. The predicted molar refractivity (Wildman–Crippen MR) is 141 cm³/mol. The smallest absolute Gasteiger partial charge is 0.300 e. The van der Waals surface area contributed by atoms with Crippen molar-refractivity contribution in [3.8, 4) is 5.75 Å². The monoisotopic (exact) mass is 480 g/mol. The Balaban J connectivity index is 1.69. The number of ketones is 1. The van der Waals surface area contributed by atoms with E-state index in [1.807, 2.05) is 61.5 Å². The first-order chi connectivity index (χ1) is 17.5. The number of para-hydroxylation sites is 1. The van der Waals surface area contributed by atoms with Gasteiger partial charge >= 0.3 is 0 Å². The Morgan fingerprint density at radius 1 is 1.00 bits per heavy atom. The van der Waals surface area contributed by atoms with Crippen LogP contribution < -0.4 is 9.64 Å². The number of nitrogens with one attached hydrogen (secondary N) is 1. The molecule has 1 aromatic heterocycles. The van der Waals surface area contributed by atoms with E-state index in [1.165, 1.54) is 4.90 Å². The second-order valence-corrected chi connectivity index (χ2v) is 8.86. The molecule has 1 aliphatic heterocycles. The molecule has 1 amide bonds. The molecule has 3 aromatic carbocycles. The number of ether oxygens (including phenoxy) is 1. The summed E-state index contributed by atoms with van der Waals surface area (Å²) in [6.45, 7) is 4.64. The Kier molecular flexibility index (Phi) is 6.34. The highest BCUT2D eigenvalue weighted by Gasteiger charge is 2.47. The highest BCUT2D eigenvalue weighted by Crippen LogP contribution is 2.43. The number of anilines is 1. The van der Waals surface area contributed by atoms with E-state index in [4.69, 9.17) is 4.74 Å². The van der Waals surface area contributed by atoms with E-state index < -0.39 is 17.7 Å². The zero-order valence-corrected chi connectivity index (χ0v) is 20.3. The van der Waals surface area contributed by atoms with E-state index in [1.54, 1.807) is 24.4 Å². The fourth-order valence-electron chi connectivity index (χ4n) is 4.71. The summed E-state index contributed by atoms with van der Waals surface area (Å²) in [6, 6.07) is 21.7. The largest absolute Gasteiger partial charge is 0.507 e. The van der Waals surface area contributed by atoms with Gasteiger partial charge in [0.05, 0.1) is 18.2 Å². The molecule has 0 bridgehead atoms. The zero-order valence-electron chi connectivity index (χ0n) is 20.3. The van der Waals surface area contributed by atoms with Gasteiger partial charge in [-0.15, -0.1) is 0 Å². The molecule has 0 spiro atoms. The van der Waals surface area contributed by atoms with Gasteiger partial charge in [0.25, 0.3) is 11.7 Å². The number of rotatable bonds is 7. The number of aliphatic hydroxyl groups is 1. The molecular formula is C30H28N2O4. The summed E-state index contributed by atoms with van der Waals surface area (Å²) < 4.78 is 5.78. The third-order valence-corrected chi connectivity index (χ3v) is 6.56. The Morgan fingerprint density at radius 2 is 1.78 bits per heavy atom. The normalized spacial score (nSPS) is 17.2. The van der Waals surface area contributed by atoms with Gasteiger partial charge in [0.2, 0.25) is 0 Å². The van der Waals surface area contributed by atoms with Crippen LogP contribution in [-0.4, -0.2) is 28.4 Å². The fraction of sp³-hybridized carbons (Fsp3) is 0.200. The van der Waals surface area contributed by atoms with Crippen molar-refractivity contribution < 1.29 is 19.4 Å². The van der Waals surface area contributed by atoms with Crippen LogP contribution in [0, 0.1) is 0 Å². The molecule has 1 aliphatic rings. The van der Waals surface area contributed by atoms with Crippen molar-refractivity contribution in [1.29, 1.82) is 0 Å². The van der Waals surface area contributed by atoms with Crippen molar-refractivity contribution in [3.63, 3.8) is 0 Å². The van der Waals surface area contributed by atoms with E-state index in [0.717, 1.165) is 34.9 Å². The minimum absolute atomic E-state index is 0.0638. The Bertz CT molecular complexity index is 1470. The molecule has 2 heterocycles. The summed E-state index contributed by atoms with van der Waals surface area (Å²) in [7, 11) is 0. The van der Waals surface area contributed by atoms with Gasteiger partial charge in [-0.05, 0) is 42.2 Å². The Morgan fingerprint density at radius 3 is 2.53 bits per heavy atom. The van der Waals surface area contributed by atoms with Crippen molar-refractivity contribution in [2.45, 2.75) is 32.7 Å². The molecule has 0 saturated carbocycles. The third-order valence-electron chi connectivity index (χ3n) is 6.56. The van der Waals surface area contributed by atoms with Crippen LogP contribution in [0.25, 0.3) is 16.7 Å². The highest BCUT2D eigenvalue weighted by atomic mass is 16.5. The van der Waals surface area contributed by atoms with Gasteiger partial charge in [-0.1, -0.05) is 62.4 Å². The van der Waals surface area contributed by atoms with Crippen LogP contribution in [0.5, 0.6) is 5.75 Å². The van der Waals surface area contributed by atoms with Gasteiger partial charge < -0.3 is 14.8 Å². The van der Waals surface area contributed by atoms with E-state index in [0.29, 0.717) is 23.6 Å². The van der Waals surface area contributed by atoms with Crippen LogP contribution in [0.2, 0.25) is 0 Å². The first-order valence-corrected chi connectivity index (χ1v) is 12.2. The number of nitrogens with zero attached hydrogens (tertiary/aromatic N) is 1. The Labute approximate surface area is 209 Å². The summed E-state index contributed by atoms with van der Waals surface area (Å²) >= 11 is 0. The van der Waals surface area contributed by atoms with E-state index >= 15 is 0 Å². The summed E-state index contributed by atoms with van der Waals surface area (Å²) in [5.41, 5.74) is 3.80. The average Bonchev–Trinajstić information content (AvgIpc) is 3.46. The van der Waals surface area contributed by atoms with Crippen LogP contribution in [0.15, 0.2) is 84.6 Å². The second-order valence-electron chi connectivity index (χ2n) is 8.86. The summed E-state index contributed by atoms with van der Waals surface area (Å²) in [5.74, 6) is -0.986. The number of carbonyl (C=O) groups excluding carboxylic acids is 2. The molecule has 0 aliphatic carbocycles. The number of H-pyrrole nitrogens is 1. The molecule has 6 heteroatoms. The number of hydrogen-bond acceptors (Lipinski definition) is 4. The molecule has 6 nitrogen and oxygen atoms in total. The van der Waals surface area contributed by atoms with Crippen LogP contribution in [-0.2, 0) is 16.0 Å². The van der Waals surface area contributed by atoms with Gasteiger partial charge in [0, 0.05) is 34.4 Å². The number of aliphatic hydroxyl groups excluding tert-OH is 1. The maximum absolute atomic E-state index is 13.5. The number of benzene rings is 3. The number of fused-ring (bicyclic) bond motifs is 1. The van der Waals surface area contributed by atoms with Crippen LogP contribution in [0.1, 0.15) is 43.0 Å². The van der Waals surface area contributed by atoms with Gasteiger partial charge in [-0.25, -0.2) is 0 Å². The van der Waals surface area contributed by atoms with Crippen LogP contribution >= 0.6 is 0 Å². The molecule has 1 saturated heterocycles. The van der Waals surface area contributed by atoms with Crippen molar-refractivity contribution in [1.82, 2.24) is 4.98 Å². The van der Waals surface area contributed by atoms with Crippen molar-refractivity contribution >= 4 is 34.0 Å². The molecule has 5 rings (SSSR count). The zero-order chi connectivity index (χ0) is 25.2. The van der Waals surface area contributed by atoms with E-state index in [2.05, 4.69) is 11.9 Å². The number of carbonyl (C=O) groups is 2. The van der Waals surface area contributed by atoms with Crippen molar-refractivity contribution in [2.75, 3.05) is 11.5 Å². The predicted octanol–water partition coefficient (Wildman–Crippen LogP) is 6.15. The quantitative estimate of drug-likeness (QED) is 0.189. The maximum Gasteiger partial charge on any atom is 0.300 e. The van der Waals surface area contributed by atoms with Crippen LogP contribution in [0.3, 0.4) is 0 Å². The third kappa shape index (κ3) is 4.05. The molecule has 1 fully saturated rings. The average molecular weight is 481 g/mol. The maximum atomic E-state index is 13.5. The van der Waals surface area contributed by atoms with Gasteiger partial charge in [0.1, 0.15) is 11.5 Å². The summed E-state index contributed by atoms with van der Waals surface area (Å²) in [5, 5.41) is 12.3. The lowest BCUT2D eigenvalue weighted by Gasteiger charge is -2.26. The molecule has 182 valence electrons.